The van der Waals surface area contributed by atoms with Gasteiger partial charge in [-0.05, 0) is 0 Å². The van der Waals surface area contributed by atoms with Crippen LogP contribution in [-0.2, 0) is 13.0 Å². The van der Waals surface area contributed by atoms with Crippen molar-refractivity contribution in [2.24, 2.45) is 5.73 Å². The number of thiazole rings is 1. The molecule has 7 heteroatoms. The fourth-order valence-corrected chi connectivity index (χ4v) is 1.66. The molecular weight excluding hydrogens is 214 g/mol. The summed E-state index contributed by atoms with van der Waals surface area (Å²) in [6, 6.07) is 0.408. The molecule has 15 heavy (non-hydrogen) atoms. The number of nitrogens with two attached hydrogens (primary N) is 1. The molecule has 0 atom stereocenters. The third-order valence-corrected chi connectivity index (χ3v) is 2.42. The maximum absolute atomic E-state index is 5.34. The monoisotopic (exact) mass is 225 g/mol. The van der Waals surface area contributed by atoms with Gasteiger partial charge >= 0.3 is 6.01 Å². The minimum absolute atomic E-state index is 0.265. The molecule has 2 heterocycles. The SMILES string of the molecule is NCc1nnc(NCCc2cscn2)o1. The first-order valence-corrected chi connectivity index (χ1v) is 5.46. The highest BCUT2D eigenvalue weighted by Gasteiger charge is 2.03. The van der Waals surface area contributed by atoms with E-state index < -0.39 is 0 Å². The molecule has 0 fully saturated rings. The van der Waals surface area contributed by atoms with E-state index in [0.29, 0.717) is 11.9 Å². The third kappa shape index (κ3) is 2.74. The molecule has 0 aliphatic carbocycles. The van der Waals surface area contributed by atoms with Gasteiger partial charge in [0.25, 0.3) is 0 Å². The Kier molecular flexibility index (Phi) is 3.25. The Bertz CT molecular complexity index is 399. The van der Waals surface area contributed by atoms with Gasteiger partial charge in [-0.25, -0.2) is 4.98 Å². The second kappa shape index (κ2) is 4.85. The van der Waals surface area contributed by atoms with Gasteiger partial charge in [0.15, 0.2) is 0 Å². The number of hydrogen-bond donors (Lipinski definition) is 2. The quantitative estimate of drug-likeness (QED) is 0.776. The number of rotatable bonds is 5. The van der Waals surface area contributed by atoms with Gasteiger partial charge in [-0.1, -0.05) is 5.10 Å². The predicted octanol–water partition coefficient (Wildman–Crippen LogP) is 0.639. The maximum atomic E-state index is 5.34. The lowest BCUT2D eigenvalue weighted by Gasteiger charge is -1.97. The first-order valence-electron chi connectivity index (χ1n) is 4.52. The van der Waals surface area contributed by atoms with Crippen LogP contribution in [0.1, 0.15) is 11.6 Å². The zero-order valence-electron chi connectivity index (χ0n) is 8.01. The van der Waals surface area contributed by atoms with Crippen LogP contribution in [-0.4, -0.2) is 21.7 Å². The summed E-state index contributed by atoms with van der Waals surface area (Å²) in [5, 5.41) is 12.5. The van der Waals surface area contributed by atoms with Gasteiger partial charge in [-0.15, -0.1) is 16.4 Å². The predicted molar refractivity (Wildman–Crippen MR) is 56.5 cm³/mol. The molecule has 80 valence electrons. The minimum atomic E-state index is 0.265. The van der Waals surface area contributed by atoms with Crippen molar-refractivity contribution in [2.75, 3.05) is 11.9 Å². The van der Waals surface area contributed by atoms with Gasteiger partial charge in [0.1, 0.15) is 0 Å². The Labute approximate surface area is 90.5 Å². The fraction of sp³-hybridized carbons (Fsp3) is 0.375. The molecule has 0 saturated carbocycles. The van der Waals surface area contributed by atoms with Crippen molar-refractivity contribution in [3.05, 3.63) is 22.5 Å². The average Bonchev–Trinajstić information content (AvgIpc) is 2.88. The van der Waals surface area contributed by atoms with Crippen LogP contribution < -0.4 is 11.1 Å². The van der Waals surface area contributed by atoms with Gasteiger partial charge in [0, 0.05) is 18.3 Å². The standard InChI is InChI=1S/C8H11N5OS/c9-3-7-12-13-8(14-7)10-2-1-6-4-15-5-11-6/h4-5H,1-3,9H2,(H,10,13). The van der Waals surface area contributed by atoms with Crippen LogP contribution in [0.15, 0.2) is 15.3 Å². The Hall–Kier alpha value is -1.47. The van der Waals surface area contributed by atoms with Crippen molar-refractivity contribution in [3.8, 4) is 0 Å². The van der Waals surface area contributed by atoms with E-state index in [2.05, 4.69) is 20.5 Å². The van der Waals surface area contributed by atoms with Gasteiger partial charge in [-0.3, -0.25) is 0 Å². The van der Waals surface area contributed by atoms with Gasteiger partial charge in [0.2, 0.25) is 5.89 Å². The summed E-state index contributed by atoms with van der Waals surface area (Å²) in [5.74, 6) is 0.436. The Morgan fingerprint density at radius 2 is 2.40 bits per heavy atom. The number of nitrogens with one attached hydrogen (secondary N) is 1. The van der Waals surface area contributed by atoms with Crippen molar-refractivity contribution in [3.63, 3.8) is 0 Å². The third-order valence-electron chi connectivity index (χ3n) is 1.78. The van der Waals surface area contributed by atoms with Crippen molar-refractivity contribution >= 4 is 17.4 Å². The van der Waals surface area contributed by atoms with Crippen LogP contribution >= 0.6 is 11.3 Å². The van der Waals surface area contributed by atoms with Gasteiger partial charge in [-0.2, -0.15) is 0 Å². The van der Waals surface area contributed by atoms with Crippen molar-refractivity contribution < 1.29 is 4.42 Å². The first kappa shape index (κ1) is 10.1. The van der Waals surface area contributed by atoms with Gasteiger partial charge in [0.05, 0.1) is 17.7 Å². The maximum Gasteiger partial charge on any atom is 0.315 e. The molecule has 0 aromatic carbocycles. The molecule has 2 aromatic rings. The highest BCUT2D eigenvalue weighted by atomic mass is 32.1. The van der Waals surface area contributed by atoms with E-state index in [4.69, 9.17) is 10.2 Å². The van der Waals surface area contributed by atoms with E-state index in [1.807, 2.05) is 10.9 Å². The van der Waals surface area contributed by atoms with Crippen molar-refractivity contribution in [1.29, 1.82) is 0 Å². The second-order valence-corrected chi connectivity index (χ2v) is 3.58. The Morgan fingerprint density at radius 3 is 3.07 bits per heavy atom. The second-order valence-electron chi connectivity index (χ2n) is 2.86. The minimum Gasteiger partial charge on any atom is -0.407 e. The van der Waals surface area contributed by atoms with E-state index in [-0.39, 0.29) is 6.54 Å². The lowest BCUT2D eigenvalue weighted by atomic mass is 10.3. The largest absolute Gasteiger partial charge is 0.407 e. The van der Waals surface area contributed by atoms with E-state index in [0.717, 1.165) is 18.7 Å². The zero-order valence-corrected chi connectivity index (χ0v) is 8.83. The highest BCUT2D eigenvalue weighted by Crippen LogP contribution is 2.05. The number of aromatic nitrogens is 3. The summed E-state index contributed by atoms with van der Waals surface area (Å²) in [4.78, 5) is 4.16. The van der Waals surface area contributed by atoms with Crippen LogP contribution in [0.5, 0.6) is 0 Å². The molecule has 0 unspecified atom stereocenters. The van der Waals surface area contributed by atoms with Crippen LogP contribution in [0, 0.1) is 0 Å². The molecule has 0 saturated heterocycles. The molecular formula is C8H11N5OS. The van der Waals surface area contributed by atoms with Crippen LogP contribution in [0.3, 0.4) is 0 Å². The molecule has 0 radical (unpaired) electrons. The van der Waals surface area contributed by atoms with Crippen molar-refractivity contribution in [2.45, 2.75) is 13.0 Å². The van der Waals surface area contributed by atoms with Crippen LogP contribution in [0.4, 0.5) is 6.01 Å². The Morgan fingerprint density at radius 1 is 1.47 bits per heavy atom. The summed E-state index contributed by atoms with van der Waals surface area (Å²) >= 11 is 1.59. The number of anilines is 1. The van der Waals surface area contributed by atoms with Gasteiger partial charge < -0.3 is 15.5 Å². The Balaban J connectivity index is 1.78. The smallest absolute Gasteiger partial charge is 0.315 e. The number of hydrogen-bond acceptors (Lipinski definition) is 7. The van der Waals surface area contributed by atoms with E-state index in [9.17, 15) is 0 Å². The summed E-state index contributed by atoms with van der Waals surface area (Å²) in [5.41, 5.74) is 8.21. The lowest BCUT2D eigenvalue weighted by molar-refractivity contribution is 0.507. The molecule has 0 aliphatic rings. The molecule has 0 bridgehead atoms. The molecule has 2 rings (SSSR count). The van der Waals surface area contributed by atoms with Crippen LogP contribution in [0.25, 0.3) is 0 Å². The lowest BCUT2D eigenvalue weighted by Crippen LogP contribution is -2.05. The number of nitrogens with zero attached hydrogens (tertiary/aromatic N) is 3. The van der Waals surface area contributed by atoms with Crippen molar-refractivity contribution in [1.82, 2.24) is 15.2 Å². The fourth-order valence-electron chi connectivity index (χ4n) is 1.07. The molecule has 0 amide bonds. The topological polar surface area (TPSA) is 89.9 Å². The summed E-state index contributed by atoms with van der Waals surface area (Å²) in [6.07, 6.45) is 0.837. The first-order chi connectivity index (χ1) is 7.38. The van der Waals surface area contributed by atoms with Crippen LogP contribution in [0.2, 0.25) is 0 Å². The van der Waals surface area contributed by atoms with E-state index in [1.54, 1.807) is 11.3 Å². The molecule has 3 N–H and O–H groups in total. The normalized spacial score (nSPS) is 10.5. The molecule has 0 spiro atoms. The zero-order chi connectivity index (χ0) is 10.5. The van der Waals surface area contributed by atoms with E-state index >= 15 is 0 Å². The summed E-state index contributed by atoms with van der Waals surface area (Å²) < 4.78 is 5.18. The van der Waals surface area contributed by atoms with E-state index in [1.165, 1.54) is 0 Å². The summed E-state index contributed by atoms with van der Waals surface area (Å²) in [6.45, 7) is 0.983. The summed E-state index contributed by atoms with van der Waals surface area (Å²) in [7, 11) is 0. The highest BCUT2D eigenvalue weighted by molar-refractivity contribution is 7.07. The molecule has 0 aliphatic heterocycles. The molecule has 6 nitrogen and oxygen atoms in total. The molecule has 2 aromatic heterocycles. The average molecular weight is 225 g/mol.